The normalized spacial score (nSPS) is 29.2. The number of rotatable bonds is 3. The third-order valence-corrected chi connectivity index (χ3v) is 4.75. The molecular formula is C15H18BrNO3. The zero-order valence-electron chi connectivity index (χ0n) is 11.4. The molecule has 1 fully saturated rings. The van der Waals surface area contributed by atoms with Crippen molar-refractivity contribution < 1.29 is 14.6 Å². The van der Waals surface area contributed by atoms with Gasteiger partial charge >= 0.3 is 5.97 Å². The van der Waals surface area contributed by atoms with E-state index in [1.54, 1.807) is 0 Å². The first-order chi connectivity index (χ1) is 9.54. The van der Waals surface area contributed by atoms with E-state index in [1.807, 2.05) is 19.1 Å². The highest BCUT2D eigenvalue weighted by atomic mass is 79.9. The Morgan fingerprint density at radius 2 is 2.35 bits per heavy atom. The molecule has 20 heavy (non-hydrogen) atoms. The lowest BCUT2D eigenvalue weighted by Crippen LogP contribution is -2.43. The largest absolute Gasteiger partial charge is 0.488 e. The van der Waals surface area contributed by atoms with E-state index in [4.69, 9.17) is 4.74 Å². The fourth-order valence-corrected chi connectivity index (χ4v) is 3.69. The summed E-state index contributed by atoms with van der Waals surface area (Å²) >= 11 is 3.47. The molecule has 4 nitrogen and oxygen atoms in total. The van der Waals surface area contributed by atoms with Crippen molar-refractivity contribution in [3.8, 4) is 5.75 Å². The molecular weight excluding hydrogens is 322 g/mol. The van der Waals surface area contributed by atoms with Crippen LogP contribution >= 0.6 is 15.9 Å². The summed E-state index contributed by atoms with van der Waals surface area (Å²) in [5, 5.41) is 9.35. The van der Waals surface area contributed by atoms with E-state index in [0.717, 1.165) is 29.6 Å². The zero-order valence-corrected chi connectivity index (χ0v) is 13.0. The summed E-state index contributed by atoms with van der Waals surface area (Å²) in [6.45, 7) is 3.55. The van der Waals surface area contributed by atoms with Crippen LogP contribution in [0, 0.1) is 5.92 Å². The van der Waals surface area contributed by atoms with E-state index < -0.39 is 5.97 Å². The van der Waals surface area contributed by atoms with Gasteiger partial charge in [-0.3, -0.25) is 9.69 Å². The molecule has 2 aliphatic heterocycles. The standard InChI is InChI=1S/C15H18BrNO3/c1-9-4-5-17(14(9)15(18)19)8-12-7-10-6-11(16)2-3-13(10)20-12/h2-3,6,9,12,14H,4-5,7-8H2,1H3,(H,18,19). The van der Waals surface area contributed by atoms with Gasteiger partial charge in [-0.2, -0.15) is 0 Å². The lowest BCUT2D eigenvalue weighted by atomic mass is 10.0. The summed E-state index contributed by atoms with van der Waals surface area (Å²) in [6.07, 6.45) is 1.86. The van der Waals surface area contributed by atoms with Gasteiger partial charge < -0.3 is 9.84 Å². The summed E-state index contributed by atoms with van der Waals surface area (Å²) in [4.78, 5) is 13.4. The molecule has 1 N–H and O–H groups in total. The highest BCUT2D eigenvalue weighted by molar-refractivity contribution is 9.10. The first kappa shape index (κ1) is 13.9. The van der Waals surface area contributed by atoms with Crippen LogP contribution in [0.1, 0.15) is 18.9 Å². The minimum Gasteiger partial charge on any atom is -0.488 e. The van der Waals surface area contributed by atoms with Crippen molar-refractivity contribution in [1.29, 1.82) is 0 Å². The molecule has 0 radical (unpaired) electrons. The fraction of sp³-hybridized carbons (Fsp3) is 0.533. The number of halogens is 1. The van der Waals surface area contributed by atoms with Crippen LogP contribution in [0.4, 0.5) is 0 Å². The molecule has 3 rings (SSSR count). The Labute approximate surface area is 126 Å². The van der Waals surface area contributed by atoms with E-state index in [9.17, 15) is 9.90 Å². The SMILES string of the molecule is CC1CCN(CC2Cc3cc(Br)ccc3O2)C1C(=O)O. The maximum atomic E-state index is 11.4. The number of ether oxygens (including phenoxy) is 1. The van der Waals surface area contributed by atoms with Crippen LogP contribution < -0.4 is 4.74 Å². The number of carboxylic acids is 1. The predicted octanol–water partition coefficient (Wildman–Crippen LogP) is 2.55. The third-order valence-electron chi connectivity index (χ3n) is 4.26. The number of carbonyl (C=O) groups is 1. The van der Waals surface area contributed by atoms with Gasteiger partial charge in [-0.05, 0) is 42.6 Å². The molecule has 1 saturated heterocycles. The van der Waals surface area contributed by atoms with Crippen LogP contribution in [0.15, 0.2) is 22.7 Å². The van der Waals surface area contributed by atoms with Crippen LogP contribution in [-0.4, -0.2) is 41.2 Å². The van der Waals surface area contributed by atoms with E-state index in [-0.39, 0.29) is 18.1 Å². The van der Waals surface area contributed by atoms with E-state index in [1.165, 1.54) is 5.56 Å². The molecule has 0 spiro atoms. The fourth-order valence-electron chi connectivity index (χ4n) is 3.28. The molecule has 1 aromatic carbocycles. The van der Waals surface area contributed by atoms with Crippen molar-refractivity contribution in [3.63, 3.8) is 0 Å². The van der Waals surface area contributed by atoms with Crippen molar-refractivity contribution in [2.75, 3.05) is 13.1 Å². The zero-order chi connectivity index (χ0) is 14.3. The molecule has 0 amide bonds. The van der Waals surface area contributed by atoms with Crippen LogP contribution in [0.2, 0.25) is 0 Å². The highest BCUT2D eigenvalue weighted by Crippen LogP contribution is 2.33. The maximum Gasteiger partial charge on any atom is 0.321 e. The van der Waals surface area contributed by atoms with Gasteiger partial charge in [-0.1, -0.05) is 22.9 Å². The second-order valence-electron chi connectivity index (χ2n) is 5.74. The van der Waals surface area contributed by atoms with Gasteiger partial charge in [0.1, 0.15) is 17.9 Å². The van der Waals surface area contributed by atoms with Gasteiger partial charge in [0, 0.05) is 17.4 Å². The monoisotopic (exact) mass is 339 g/mol. The van der Waals surface area contributed by atoms with Crippen LogP contribution in [0.3, 0.4) is 0 Å². The summed E-state index contributed by atoms with van der Waals surface area (Å²) < 4.78 is 6.99. The van der Waals surface area contributed by atoms with Gasteiger partial charge in [0.2, 0.25) is 0 Å². The van der Waals surface area contributed by atoms with Crippen LogP contribution in [0.25, 0.3) is 0 Å². The van der Waals surface area contributed by atoms with Gasteiger partial charge in [-0.25, -0.2) is 0 Å². The number of nitrogens with zero attached hydrogens (tertiary/aromatic N) is 1. The Bertz CT molecular complexity index is 534. The first-order valence-electron chi connectivity index (χ1n) is 6.96. The average molecular weight is 340 g/mol. The second-order valence-corrected chi connectivity index (χ2v) is 6.66. The topological polar surface area (TPSA) is 49.8 Å². The lowest BCUT2D eigenvalue weighted by Gasteiger charge is -2.25. The minimum atomic E-state index is -0.715. The highest BCUT2D eigenvalue weighted by Gasteiger charge is 2.38. The molecule has 108 valence electrons. The Hall–Kier alpha value is -1.07. The number of fused-ring (bicyclic) bond motifs is 1. The van der Waals surface area contributed by atoms with Crippen LogP contribution in [0.5, 0.6) is 5.75 Å². The predicted molar refractivity (Wildman–Crippen MR) is 79.0 cm³/mol. The van der Waals surface area contributed by atoms with E-state index in [2.05, 4.69) is 26.9 Å². The molecule has 2 aliphatic rings. The summed E-state index contributed by atoms with van der Waals surface area (Å²) in [7, 11) is 0. The van der Waals surface area contributed by atoms with Crippen molar-refractivity contribution in [2.45, 2.75) is 31.9 Å². The quantitative estimate of drug-likeness (QED) is 0.919. The molecule has 0 bridgehead atoms. The van der Waals surface area contributed by atoms with Gasteiger partial charge in [-0.15, -0.1) is 0 Å². The minimum absolute atomic E-state index is 0.0615. The van der Waals surface area contributed by atoms with Gasteiger partial charge in [0.25, 0.3) is 0 Å². The van der Waals surface area contributed by atoms with Crippen molar-refractivity contribution in [3.05, 3.63) is 28.2 Å². The number of hydrogen-bond acceptors (Lipinski definition) is 3. The third kappa shape index (κ3) is 2.56. The summed E-state index contributed by atoms with van der Waals surface area (Å²) in [5.74, 6) is 0.427. The van der Waals surface area contributed by atoms with Crippen molar-refractivity contribution in [1.82, 2.24) is 4.90 Å². The summed E-state index contributed by atoms with van der Waals surface area (Å²) in [6, 6.07) is 5.66. The number of likely N-dealkylation sites (tertiary alicyclic amines) is 1. The second kappa shape index (κ2) is 5.37. The molecule has 3 unspecified atom stereocenters. The van der Waals surface area contributed by atoms with E-state index in [0.29, 0.717) is 6.54 Å². The number of aliphatic carboxylic acids is 1. The smallest absolute Gasteiger partial charge is 0.321 e. The molecule has 0 aliphatic carbocycles. The first-order valence-corrected chi connectivity index (χ1v) is 7.76. The lowest BCUT2D eigenvalue weighted by molar-refractivity contribution is -0.143. The summed E-state index contributed by atoms with van der Waals surface area (Å²) in [5.41, 5.74) is 1.20. The number of hydrogen-bond donors (Lipinski definition) is 1. The van der Waals surface area contributed by atoms with Crippen LogP contribution in [-0.2, 0) is 11.2 Å². The molecule has 3 atom stereocenters. The Morgan fingerprint density at radius 1 is 1.55 bits per heavy atom. The molecule has 0 aromatic heterocycles. The van der Waals surface area contributed by atoms with E-state index >= 15 is 0 Å². The molecule has 1 aromatic rings. The average Bonchev–Trinajstić information content (AvgIpc) is 2.92. The van der Waals surface area contributed by atoms with Crippen molar-refractivity contribution in [2.24, 2.45) is 5.92 Å². The molecule has 5 heteroatoms. The Kier molecular flexibility index (Phi) is 3.73. The van der Waals surface area contributed by atoms with Crippen molar-refractivity contribution >= 4 is 21.9 Å². The Balaban J connectivity index is 1.67. The Morgan fingerprint density at radius 3 is 3.10 bits per heavy atom. The van der Waals surface area contributed by atoms with Gasteiger partial charge in [0.15, 0.2) is 0 Å². The molecule has 2 heterocycles. The number of carboxylic acid groups (broad SMARTS) is 1. The maximum absolute atomic E-state index is 11.4. The molecule has 0 saturated carbocycles. The number of benzene rings is 1. The van der Waals surface area contributed by atoms with Gasteiger partial charge in [0.05, 0.1) is 0 Å².